The zero-order valence-corrected chi connectivity index (χ0v) is 21.9. The maximum absolute atomic E-state index is 12.4. The Labute approximate surface area is 222 Å². The van der Waals surface area contributed by atoms with E-state index in [4.69, 9.17) is 9.47 Å². The fourth-order valence-corrected chi connectivity index (χ4v) is 3.08. The Bertz CT molecular complexity index is 1320. The van der Waals surface area contributed by atoms with Crippen LogP contribution in [0.5, 0.6) is 11.5 Å². The van der Waals surface area contributed by atoms with Crippen LogP contribution in [0.25, 0.3) is 6.08 Å². The highest BCUT2D eigenvalue weighted by atomic mass is 16.6. The molecule has 0 bridgehead atoms. The summed E-state index contributed by atoms with van der Waals surface area (Å²) in [5.74, 6) is -0.412. The smallest absolute Gasteiger partial charge is 0.336 e. The van der Waals surface area contributed by atoms with Crippen molar-refractivity contribution in [2.24, 2.45) is 10.5 Å². The average molecular weight is 514 g/mol. The molecule has 0 aromatic heterocycles. The molecule has 3 rings (SSSR count). The standard InChI is InChI=1S/C30H31N3O5/c1-5-37-26-19-22(11-17-25(26)38-27(34)18-12-21-9-7-6-8-10-21)20-31-33-28(35)23-13-15-24(16-14-23)32-29(36)30(2,3)4/h6-20H,5H2,1-4H3,(H,32,36)(H,33,35)/b18-12+,31-20-. The van der Waals surface area contributed by atoms with E-state index >= 15 is 0 Å². The second-order valence-corrected chi connectivity index (χ2v) is 9.28. The van der Waals surface area contributed by atoms with E-state index in [9.17, 15) is 14.4 Å². The summed E-state index contributed by atoms with van der Waals surface area (Å²) in [6.45, 7) is 7.66. The molecule has 8 nitrogen and oxygen atoms in total. The van der Waals surface area contributed by atoms with Crippen LogP contribution in [-0.4, -0.2) is 30.6 Å². The Morgan fingerprint density at radius 1 is 0.895 bits per heavy atom. The van der Waals surface area contributed by atoms with Crippen LogP contribution in [0.15, 0.2) is 84.0 Å². The van der Waals surface area contributed by atoms with E-state index in [2.05, 4.69) is 15.8 Å². The van der Waals surface area contributed by atoms with E-state index in [-0.39, 0.29) is 11.7 Å². The Kier molecular flexibility index (Phi) is 9.54. The number of carbonyl (C=O) groups is 3. The number of nitrogens with zero attached hydrogens (tertiary/aromatic N) is 1. The molecule has 38 heavy (non-hydrogen) atoms. The summed E-state index contributed by atoms with van der Waals surface area (Å²) in [6, 6.07) is 20.9. The quantitative estimate of drug-likeness (QED) is 0.130. The van der Waals surface area contributed by atoms with E-state index in [1.807, 2.05) is 58.0 Å². The minimum atomic E-state index is -0.535. The molecule has 0 fully saturated rings. The molecule has 3 aromatic rings. The lowest BCUT2D eigenvalue weighted by Crippen LogP contribution is -2.27. The van der Waals surface area contributed by atoms with Gasteiger partial charge in [-0.25, -0.2) is 10.2 Å². The monoisotopic (exact) mass is 513 g/mol. The molecule has 3 aromatic carbocycles. The van der Waals surface area contributed by atoms with Gasteiger partial charge in [0.25, 0.3) is 5.91 Å². The van der Waals surface area contributed by atoms with Crippen LogP contribution in [0.2, 0.25) is 0 Å². The Morgan fingerprint density at radius 2 is 1.61 bits per heavy atom. The van der Waals surface area contributed by atoms with Gasteiger partial charge in [-0.3, -0.25) is 9.59 Å². The predicted molar refractivity (Wildman–Crippen MR) is 148 cm³/mol. The Morgan fingerprint density at radius 3 is 2.26 bits per heavy atom. The zero-order valence-electron chi connectivity index (χ0n) is 21.9. The van der Waals surface area contributed by atoms with Crippen LogP contribution in [-0.2, 0) is 9.59 Å². The SMILES string of the molecule is CCOc1cc(/C=N\NC(=O)c2ccc(NC(=O)C(C)(C)C)cc2)ccc1OC(=O)/C=C/c1ccccc1. The normalized spacial score (nSPS) is 11.4. The van der Waals surface area contributed by atoms with Gasteiger partial charge in [-0.1, -0.05) is 51.1 Å². The molecule has 2 N–H and O–H groups in total. The van der Waals surface area contributed by atoms with Crippen molar-refractivity contribution < 1.29 is 23.9 Å². The number of hydrogen-bond acceptors (Lipinski definition) is 6. The second-order valence-electron chi connectivity index (χ2n) is 9.28. The number of amides is 2. The highest BCUT2D eigenvalue weighted by molar-refractivity contribution is 5.97. The number of benzene rings is 3. The van der Waals surface area contributed by atoms with Gasteiger partial charge in [0.15, 0.2) is 11.5 Å². The summed E-state index contributed by atoms with van der Waals surface area (Å²) in [6.07, 6.45) is 4.47. The molecular formula is C30H31N3O5. The van der Waals surface area contributed by atoms with E-state index in [1.165, 1.54) is 12.3 Å². The molecule has 0 radical (unpaired) electrons. The molecule has 0 aliphatic carbocycles. The molecular weight excluding hydrogens is 482 g/mol. The Hall–Kier alpha value is -4.72. The third-order valence-corrected chi connectivity index (χ3v) is 5.16. The minimum Gasteiger partial charge on any atom is -0.490 e. The van der Waals surface area contributed by atoms with Crippen molar-refractivity contribution in [2.45, 2.75) is 27.7 Å². The van der Waals surface area contributed by atoms with E-state index in [0.717, 1.165) is 5.56 Å². The predicted octanol–water partition coefficient (Wildman–Crippen LogP) is 5.45. The number of rotatable bonds is 9. The minimum absolute atomic E-state index is 0.116. The first kappa shape index (κ1) is 27.9. The zero-order chi connectivity index (χ0) is 27.5. The fourth-order valence-electron chi connectivity index (χ4n) is 3.08. The number of hydrogen-bond donors (Lipinski definition) is 2. The van der Waals surface area contributed by atoms with Gasteiger partial charge in [-0.15, -0.1) is 0 Å². The number of anilines is 1. The molecule has 2 amide bonds. The highest BCUT2D eigenvalue weighted by Gasteiger charge is 2.21. The molecule has 0 heterocycles. The van der Waals surface area contributed by atoms with Crippen molar-refractivity contribution in [3.8, 4) is 11.5 Å². The van der Waals surface area contributed by atoms with Crippen molar-refractivity contribution in [3.05, 3.63) is 95.6 Å². The van der Waals surface area contributed by atoms with Crippen LogP contribution < -0.4 is 20.2 Å². The molecule has 8 heteroatoms. The summed E-state index contributed by atoms with van der Waals surface area (Å²) in [5.41, 5.74) is 4.45. The van der Waals surface area contributed by atoms with Crippen LogP contribution in [0.1, 0.15) is 49.2 Å². The first-order valence-electron chi connectivity index (χ1n) is 12.1. The first-order chi connectivity index (χ1) is 18.2. The van der Waals surface area contributed by atoms with Gasteiger partial charge in [0, 0.05) is 22.7 Å². The summed E-state index contributed by atoms with van der Waals surface area (Å²) in [5, 5.41) is 6.82. The molecule has 0 saturated carbocycles. The summed E-state index contributed by atoms with van der Waals surface area (Å²) >= 11 is 0. The third-order valence-electron chi connectivity index (χ3n) is 5.16. The van der Waals surface area contributed by atoms with E-state index in [1.54, 1.807) is 48.5 Å². The lowest BCUT2D eigenvalue weighted by molar-refractivity contribution is -0.129. The van der Waals surface area contributed by atoms with Gasteiger partial charge in [0.05, 0.1) is 12.8 Å². The fraction of sp³-hybridized carbons (Fsp3) is 0.200. The third kappa shape index (κ3) is 8.44. The van der Waals surface area contributed by atoms with Crippen molar-refractivity contribution in [2.75, 3.05) is 11.9 Å². The number of nitrogens with one attached hydrogen (secondary N) is 2. The van der Waals surface area contributed by atoms with Crippen LogP contribution >= 0.6 is 0 Å². The number of ether oxygens (including phenoxy) is 2. The van der Waals surface area contributed by atoms with Crippen molar-refractivity contribution in [3.63, 3.8) is 0 Å². The van der Waals surface area contributed by atoms with E-state index < -0.39 is 17.3 Å². The molecule has 0 atom stereocenters. The van der Waals surface area contributed by atoms with Gasteiger partial charge >= 0.3 is 5.97 Å². The lowest BCUT2D eigenvalue weighted by atomic mass is 9.95. The van der Waals surface area contributed by atoms with Crippen LogP contribution in [0.4, 0.5) is 5.69 Å². The van der Waals surface area contributed by atoms with Gasteiger partial charge in [0.2, 0.25) is 5.91 Å². The van der Waals surface area contributed by atoms with Gasteiger partial charge in [-0.05, 0) is 66.6 Å². The van der Waals surface area contributed by atoms with Crippen molar-refractivity contribution >= 4 is 35.8 Å². The van der Waals surface area contributed by atoms with Crippen molar-refractivity contribution in [1.29, 1.82) is 0 Å². The average Bonchev–Trinajstić information content (AvgIpc) is 2.89. The molecule has 196 valence electrons. The van der Waals surface area contributed by atoms with E-state index in [0.29, 0.717) is 29.2 Å². The molecule has 0 saturated heterocycles. The van der Waals surface area contributed by atoms with Gasteiger partial charge in [0.1, 0.15) is 0 Å². The van der Waals surface area contributed by atoms with Crippen molar-refractivity contribution in [1.82, 2.24) is 5.43 Å². The number of esters is 1. The maximum atomic E-state index is 12.4. The summed E-state index contributed by atoms with van der Waals surface area (Å²) in [4.78, 5) is 36.8. The molecule has 0 aliphatic rings. The van der Waals surface area contributed by atoms with Gasteiger partial charge < -0.3 is 14.8 Å². The molecule has 0 aliphatic heterocycles. The highest BCUT2D eigenvalue weighted by Crippen LogP contribution is 2.28. The summed E-state index contributed by atoms with van der Waals surface area (Å²) in [7, 11) is 0. The lowest BCUT2D eigenvalue weighted by Gasteiger charge is -2.17. The largest absolute Gasteiger partial charge is 0.490 e. The topological polar surface area (TPSA) is 106 Å². The molecule has 0 unspecified atom stereocenters. The van der Waals surface area contributed by atoms with Crippen LogP contribution in [0.3, 0.4) is 0 Å². The molecule has 0 spiro atoms. The number of carbonyl (C=O) groups excluding carboxylic acids is 3. The first-order valence-corrected chi connectivity index (χ1v) is 12.1. The number of hydrazone groups is 1. The maximum Gasteiger partial charge on any atom is 0.336 e. The van der Waals surface area contributed by atoms with Gasteiger partial charge in [-0.2, -0.15) is 5.10 Å². The van der Waals surface area contributed by atoms with Crippen LogP contribution in [0, 0.1) is 5.41 Å². The second kappa shape index (κ2) is 13.0. The Balaban J connectivity index is 1.60. The summed E-state index contributed by atoms with van der Waals surface area (Å²) < 4.78 is 11.1.